The summed E-state index contributed by atoms with van der Waals surface area (Å²) in [6.45, 7) is 6.44. The first-order chi connectivity index (χ1) is 14.8. The Morgan fingerprint density at radius 2 is 1.71 bits per heavy atom. The van der Waals surface area contributed by atoms with Crippen LogP contribution in [0, 0.1) is 30.1 Å². The number of terminal acetylenes is 1. The van der Waals surface area contributed by atoms with Crippen LogP contribution in [0.5, 0.6) is 0 Å². The number of hydrogen-bond acceptors (Lipinski definition) is 3. The van der Waals surface area contributed by atoms with E-state index in [4.69, 9.17) is 11.2 Å². The number of ether oxygens (including phenoxy) is 1. The van der Waals surface area contributed by atoms with E-state index in [0.717, 1.165) is 44.1 Å². The predicted octanol–water partition coefficient (Wildman–Crippen LogP) is 5.25. The topological polar surface area (TPSA) is 46.6 Å². The van der Waals surface area contributed by atoms with Crippen molar-refractivity contribution >= 4 is 11.9 Å². The maximum absolute atomic E-state index is 13.3. The molecule has 1 aliphatic heterocycles. The average Bonchev–Trinajstić information content (AvgIpc) is 2.75. The van der Waals surface area contributed by atoms with E-state index in [-0.39, 0.29) is 23.9 Å². The van der Waals surface area contributed by atoms with Crippen LogP contribution in [0.15, 0.2) is 30.3 Å². The highest BCUT2D eigenvalue weighted by Gasteiger charge is 2.33. The van der Waals surface area contributed by atoms with Gasteiger partial charge in [0.15, 0.2) is 0 Å². The van der Waals surface area contributed by atoms with Crippen LogP contribution in [0.3, 0.4) is 0 Å². The summed E-state index contributed by atoms with van der Waals surface area (Å²) in [5.41, 5.74) is 1.02. The molecule has 0 bridgehead atoms. The number of hydrogen-bond donors (Lipinski definition) is 0. The van der Waals surface area contributed by atoms with E-state index >= 15 is 0 Å². The fourth-order valence-corrected chi connectivity index (χ4v) is 4.57. The van der Waals surface area contributed by atoms with Crippen molar-refractivity contribution in [1.82, 2.24) is 4.90 Å². The minimum absolute atomic E-state index is 0.0147. The third kappa shape index (κ3) is 8.05. The van der Waals surface area contributed by atoms with Gasteiger partial charge in [-0.15, -0.1) is 12.3 Å². The Balaban J connectivity index is 2.29. The highest BCUT2D eigenvalue weighted by molar-refractivity contribution is 5.85. The fourth-order valence-electron chi connectivity index (χ4n) is 4.57. The molecule has 4 nitrogen and oxygen atoms in total. The first-order valence-corrected chi connectivity index (χ1v) is 11.8. The summed E-state index contributed by atoms with van der Waals surface area (Å²) in [6, 6.07) is 9.22. The molecule has 0 saturated carbocycles. The molecule has 0 radical (unpaired) electrons. The molecule has 1 fully saturated rings. The zero-order valence-electron chi connectivity index (χ0n) is 19.7. The molecule has 1 aromatic carbocycles. The second-order valence-corrected chi connectivity index (χ2v) is 9.47. The number of cyclic esters (lactones) is 1. The average molecular weight is 426 g/mol. The van der Waals surface area contributed by atoms with E-state index in [2.05, 4.69) is 19.8 Å². The van der Waals surface area contributed by atoms with E-state index < -0.39 is 6.04 Å². The molecule has 5 atom stereocenters. The smallest absolute Gasteiger partial charge is 0.329 e. The van der Waals surface area contributed by atoms with E-state index in [9.17, 15) is 9.59 Å². The predicted molar refractivity (Wildman–Crippen MR) is 125 cm³/mol. The highest BCUT2D eigenvalue weighted by atomic mass is 16.5. The van der Waals surface area contributed by atoms with Gasteiger partial charge < -0.3 is 9.64 Å². The van der Waals surface area contributed by atoms with Crippen LogP contribution in [0.1, 0.15) is 71.3 Å². The van der Waals surface area contributed by atoms with Crippen molar-refractivity contribution < 1.29 is 14.3 Å². The van der Waals surface area contributed by atoms with Crippen LogP contribution in [0.25, 0.3) is 0 Å². The molecular weight excluding hydrogens is 386 g/mol. The zero-order valence-corrected chi connectivity index (χ0v) is 19.7. The van der Waals surface area contributed by atoms with Gasteiger partial charge in [-0.05, 0) is 43.1 Å². The molecular formula is C27H39NO3. The number of esters is 1. The van der Waals surface area contributed by atoms with Crippen LogP contribution in [0.4, 0.5) is 0 Å². The normalized spacial score (nSPS) is 28.6. The van der Waals surface area contributed by atoms with Gasteiger partial charge in [-0.3, -0.25) is 4.79 Å². The Hall–Kier alpha value is -2.28. The Labute approximate surface area is 188 Å². The SMILES string of the molecule is C#CCCC[C@@H]1C[C@H](C)CCC(C)CC(C)C(=O)N(C)C(Cc2ccccc2)C(=O)O1. The zero-order chi connectivity index (χ0) is 22.8. The molecule has 170 valence electrons. The molecule has 1 saturated heterocycles. The van der Waals surface area contributed by atoms with E-state index in [1.165, 1.54) is 0 Å². The van der Waals surface area contributed by atoms with Crippen molar-refractivity contribution in [2.75, 3.05) is 7.05 Å². The van der Waals surface area contributed by atoms with Crippen molar-refractivity contribution in [3.63, 3.8) is 0 Å². The highest BCUT2D eigenvalue weighted by Crippen LogP contribution is 2.27. The maximum atomic E-state index is 13.3. The number of rotatable bonds is 5. The fraction of sp³-hybridized carbons (Fsp3) is 0.630. The Morgan fingerprint density at radius 3 is 2.35 bits per heavy atom. The number of benzene rings is 1. The molecule has 1 heterocycles. The summed E-state index contributed by atoms with van der Waals surface area (Å²) >= 11 is 0. The lowest BCUT2D eigenvalue weighted by molar-refractivity contribution is -0.160. The maximum Gasteiger partial charge on any atom is 0.329 e. The summed E-state index contributed by atoms with van der Waals surface area (Å²) in [6.07, 6.45) is 11.9. The number of unbranched alkanes of at least 4 members (excludes halogenated alkanes) is 1. The van der Waals surface area contributed by atoms with Gasteiger partial charge in [0.05, 0.1) is 0 Å². The first-order valence-electron chi connectivity index (χ1n) is 11.8. The molecule has 1 aromatic rings. The number of nitrogens with zero attached hydrogens (tertiary/aromatic N) is 1. The van der Waals surface area contributed by atoms with Gasteiger partial charge in [0, 0.05) is 25.8 Å². The monoisotopic (exact) mass is 425 g/mol. The van der Waals surface area contributed by atoms with Gasteiger partial charge in [-0.1, -0.05) is 63.9 Å². The van der Waals surface area contributed by atoms with Crippen LogP contribution >= 0.6 is 0 Å². The standard InChI is InChI=1S/C27H39NO3/c1-6-7-9-14-24-18-21(3)16-15-20(2)17-22(4)26(29)28(5)25(27(30)31-24)19-23-12-10-8-11-13-23/h1,8,10-13,20-22,24-25H,7,9,14-19H2,2-5H3/t20?,21-,22?,24-,25?/m1/s1. The largest absolute Gasteiger partial charge is 0.461 e. The minimum Gasteiger partial charge on any atom is -0.461 e. The number of amides is 1. The molecule has 3 unspecified atom stereocenters. The van der Waals surface area contributed by atoms with Crippen LogP contribution < -0.4 is 0 Å². The van der Waals surface area contributed by atoms with Crippen molar-refractivity contribution in [3.8, 4) is 12.3 Å². The van der Waals surface area contributed by atoms with Crippen LogP contribution in [0.2, 0.25) is 0 Å². The third-order valence-corrected chi connectivity index (χ3v) is 6.48. The second-order valence-electron chi connectivity index (χ2n) is 9.47. The molecule has 0 spiro atoms. The molecule has 2 rings (SSSR count). The summed E-state index contributed by atoms with van der Waals surface area (Å²) in [4.78, 5) is 28.1. The van der Waals surface area contributed by atoms with Crippen molar-refractivity contribution in [2.45, 2.75) is 84.3 Å². The molecule has 0 aliphatic carbocycles. The quantitative estimate of drug-likeness (QED) is 0.367. The lowest BCUT2D eigenvalue weighted by Gasteiger charge is -2.31. The van der Waals surface area contributed by atoms with E-state index in [1.807, 2.05) is 37.3 Å². The van der Waals surface area contributed by atoms with Gasteiger partial charge in [0.25, 0.3) is 0 Å². The molecule has 0 N–H and O–H groups in total. The summed E-state index contributed by atoms with van der Waals surface area (Å²) in [7, 11) is 1.74. The number of carbonyl (C=O) groups excluding carboxylic acids is 2. The molecule has 1 aliphatic rings. The lowest BCUT2D eigenvalue weighted by Crippen LogP contribution is -2.47. The summed E-state index contributed by atoms with van der Waals surface area (Å²) in [5, 5.41) is 0. The van der Waals surface area contributed by atoms with Crippen molar-refractivity contribution in [2.24, 2.45) is 17.8 Å². The lowest BCUT2D eigenvalue weighted by atomic mass is 9.88. The van der Waals surface area contributed by atoms with Gasteiger partial charge in [0.2, 0.25) is 5.91 Å². The summed E-state index contributed by atoms with van der Waals surface area (Å²) < 4.78 is 6.05. The molecule has 0 aromatic heterocycles. The van der Waals surface area contributed by atoms with E-state index in [0.29, 0.717) is 24.7 Å². The van der Waals surface area contributed by atoms with Gasteiger partial charge in [0.1, 0.15) is 12.1 Å². The number of carbonyl (C=O) groups is 2. The van der Waals surface area contributed by atoms with Crippen LogP contribution in [-0.2, 0) is 20.7 Å². The van der Waals surface area contributed by atoms with Crippen molar-refractivity contribution in [1.29, 1.82) is 0 Å². The van der Waals surface area contributed by atoms with Gasteiger partial charge in [-0.25, -0.2) is 4.79 Å². The Morgan fingerprint density at radius 1 is 1.06 bits per heavy atom. The summed E-state index contributed by atoms with van der Waals surface area (Å²) in [5.74, 6) is 3.20. The first kappa shape index (κ1) is 25.0. The second kappa shape index (κ2) is 12.5. The molecule has 4 heteroatoms. The molecule has 1 amide bonds. The third-order valence-electron chi connectivity index (χ3n) is 6.48. The molecule has 31 heavy (non-hydrogen) atoms. The van der Waals surface area contributed by atoms with Gasteiger partial charge >= 0.3 is 5.97 Å². The van der Waals surface area contributed by atoms with Gasteiger partial charge in [-0.2, -0.15) is 0 Å². The minimum atomic E-state index is -0.626. The Bertz CT molecular complexity index is 739. The van der Waals surface area contributed by atoms with Crippen LogP contribution in [-0.4, -0.2) is 36.0 Å². The Kier molecular flexibility index (Phi) is 10.1. The number of likely N-dealkylation sites (N-methyl/N-ethyl adjacent to an activating group) is 1. The van der Waals surface area contributed by atoms with E-state index in [1.54, 1.807) is 11.9 Å². The van der Waals surface area contributed by atoms with Crippen molar-refractivity contribution in [3.05, 3.63) is 35.9 Å².